The van der Waals surface area contributed by atoms with Gasteiger partial charge in [-0.2, -0.15) is 0 Å². The summed E-state index contributed by atoms with van der Waals surface area (Å²) < 4.78 is 0. The second-order valence-corrected chi connectivity index (χ2v) is 7.08. The normalized spacial score (nSPS) is 16.7. The van der Waals surface area contributed by atoms with Crippen molar-refractivity contribution in [2.24, 2.45) is 5.92 Å². The highest BCUT2D eigenvalue weighted by Crippen LogP contribution is 2.30. The first-order chi connectivity index (χ1) is 12.6. The van der Waals surface area contributed by atoms with E-state index in [0.29, 0.717) is 0 Å². The summed E-state index contributed by atoms with van der Waals surface area (Å²) >= 11 is 0. The number of carbonyl (C=O) groups excluding carboxylic acids is 2. The monoisotopic (exact) mass is 349 g/mol. The lowest BCUT2D eigenvalue weighted by Gasteiger charge is -2.23. The SMILES string of the molecule is CC(Nc1ccc(NC(=O)C2CC2)cc1)C(=O)N1CCc2ccccc21. The van der Waals surface area contributed by atoms with Gasteiger partial charge in [0.15, 0.2) is 0 Å². The number of hydrogen-bond acceptors (Lipinski definition) is 3. The molecule has 1 aliphatic heterocycles. The average molecular weight is 349 g/mol. The third-order valence-electron chi connectivity index (χ3n) is 5.01. The smallest absolute Gasteiger partial charge is 0.249 e. The zero-order valence-corrected chi connectivity index (χ0v) is 14.9. The van der Waals surface area contributed by atoms with E-state index < -0.39 is 0 Å². The van der Waals surface area contributed by atoms with Gasteiger partial charge < -0.3 is 15.5 Å². The molecule has 1 unspecified atom stereocenters. The molecule has 2 N–H and O–H groups in total. The maximum Gasteiger partial charge on any atom is 0.249 e. The maximum atomic E-state index is 12.8. The maximum absolute atomic E-state index is 12.8. The minimum Gasteiger partial charge on any atom is -0.374 e. The van der Waals surface area contributed by atoms with Crippen LogP contribution in [-0.4, -0.2) is 24.4 Å². The fourth-order valence-electron chi connectivity index (χ4n) is 3.35. The standard InChI is InChI=1S/C21H23N3O2/c1-14(21(26)24-13-12-15-4-2-3-5-19(15)24)22-17-8-10-18(11-9-17)23-20(25)16-6-7-16/h2-5,8-11,14,16,22H,6-7,12-13H2,1H3,(H,23,25). The van der Waals surface area contributed by atoms with E-state index in [2.05, 4.69) is 16.7 Å². The first-order valence-electron chi connectivity index (χ1n) is 9.18. The Labute approximate surface area is 153 Å². The number of para-hydroxylation sites is 1. The highest BCUT2D eigenvalue weighted by Gasteiger charge is 2.30. The molecule has 0 spiro atoms. The van der Waals surface area contributed by atoms with Crippen LogP contribution in [0.25, 0.3) is 0 Å². The second kappa shape index (κ2) is 6.83. The number of hydrogen-bond donors (Lipinski definition) is 2. The Morgan fingerprint density at radius 1 is 1.04 bits per heavy atom. The van der Waals surface area contributed by atoms with Crippen LogP contribution in [0.3, 0.4) is 0 Å². The van der Waals surface area contributed by atoms with Gasteiger partial charge in [-0.1, -0.05) is 18.2 Å². The van der Waals surface area contributed by atoms with Crippen LogP contribution in [0.5, 0.6) is 0 Å². The van der Waals surface area contributed by atoms with Crippen LogP contribution < -0.4 is 15.5 Å². The zero-order chi connectivity index (χ0) is 18.1. The Hall–Kier alpha value is -2.82. The van der Waals surface area contributed by atoms with Gasteiger partial charge in [0.25, 0.3) is 0 Å². The predicted octanol–water partition coefficient (Wildman–Crippen LogP) is 3.42. The molecular formula is C21H23N3O2. The Kier molecular flexibility index (Phi) is 4.37. The average Bonchev–Trinajstić information content (AvgIpc) is 3.42. The first kappa shape index (κ1) is 16.6. The number of fused-ring (bicyclic) bond motifs is 1. The van der Waals surface area contributed by atoms with Gasteiger partial charge in [-0.05, 0) is 62.1 Å². The van der Waals surface area contributed by atoms with Crippen LogP contribution in [0.15, 0.2) is 48.5 Å². The Morgan fingerprint density at radius 2 is 1.73 bits per heavy atom. The molecule has 134 valence electrons. The summed E-state index contributed by atoms with van der Waals surface area (Å²) in [6, 6.07) is 15.3. The molecule has 1 atom stereocenters. The third kappa shape index (κ3) is 3.43. The van der Waals surface area contributed by atoms with E-state index in [1.54, 1.807) is 0 Å². The second-order valence-electron chi connectivity index (χ2n) is 7.08. The molecule has 2 aliphatic rings. The molecule has 1 aliphatic carbocycles. The first-order valence-corrected chi connectivity index (χ1v) is 9.18. The van der Waals surface area contributed by atoms with Crippen molar-refractivity contribution in [3.05, 3.63) is 54.1 Å². The quantitative estimate of drug-likeness (QED) is 0.869. The van der Waals surface area contributed by atoms with Gasteiger partial charge in [0.2, 0.25) is 11.8 Å². The van der Waals surface area contributed by atoms with Crippen LogP contribution >= 0.6 is 0 Å². The lowest BCUT2D eigenvalue weighted by Crippen LogP contribution is -2.40. The van der Waals surface area contributed by atoms with Crippen LogP contribution in [0, 0.1) is 5.92 Å². The fourth-order valence-corrected chi connectivity index (χ4v) is 3.35. The summed E-state index contributed by atoms with van der Waals surface area (Å²) in [5.74, 6) is 0.358. The summed E-state index contributed by atoms with van der Waals surface area (Å²) in [4.78, 5) is 26.5. The van der Waals surface area contributed by atoms with Gasteiger partial charge in [-0.3, -0.25) is 9.59 Å². The summed E-state index contributed by atoms with van der Waals surface area (Å²) in [6.45, 7) is 2.61. The molecule has 5 heteroatoms. The van der Waals surface area contributed by atoms with Gasteiger partial charge in [-0.25, -0.2) is 0 Å². The molecule has 2 aromatic carbocycles. The molecule has 4 rings (SSSR count). The number of nitrogens with zero attached hydrogens (tertiary/aromatic N) is 1. The molecule has 2 amide bonds. The molecule has 2 aromatic rings. The van der Waals surface area contributed by atoms with Crippen LogP contribution in [-0.2, 0) is 16.0 Å². The van der Waals surface area contributed by atoms with Gasteiger partial charge in [-0.15, -0.1) is 0 Å². The molecule has 5 nitrogen and oxygen atoms in total. The van der Waals surface area contributed by atoms with Crippen LogP contribution in [0.1, 0.15) is 25.3 Å². The number of benzene rings is 2. The molecular weight excluding hydrogens is 326 g/mol. The fraction of sp³-hybridized carbons (Fsp3) is 0.333. The van der Waals surface area contributed by atoms with Crippen molar-refractivity contribution in [1.29, 1.82) is 0 Å². The summed E-state index contributed by atoms with van der Waals surface area (Å²) in [5.41, 5.74) is 3.90. The van der Waals surface area contributed by atoms with Gasteiger partial charge >= 0.3 is 0 Å². The van der Waals surface area contributed by atoms with E-state index in [9.17, 15) is 9.59 Å². The van der Waals surface area contributed by atoms with Crippen molar-refractivity contribution in [2.45, 2.75) is 32.2 Å². The molecule has 0 aromatic heterocycles. The highest BCUT2D eigenvalue weighted by molar-refractivity contribution is 6.00. The molecule has 1 saturated carbocycles. The van der Waals surface area contributed by atoms with Gasteiger partial charge in [0.1, 0.15) is 6.04 Å². The summed E-state index contributed by atoms with van der Waals surface area (Å²) in [5, 5.41) is 6.18. The summed E-state index contributed by atoms with van der Waals surface area (Å²) in [7, 11) is 0. The lowest BCUT2D eigenvalue weighted by molar-refractivity contribution is -0.119. The van der Waals surface area contributed by atoms with Crippen molar-refractivity contribution >= 4 is 28.9 Å². The molecule has 0 saturated heterocycles. The largest absolute Gasteiger partial charge is 0.374 e. The third-order valence-corrected chi connectivity index (χ3v) is 5.01. The van der Waals surface area contributed by atoms with Crippen molar-refractivity contribution in [3.63, 3.8) is 0 Å². The van der Waals surface area contributed by atoms with Gasteiger partial charge in [0, 0.05) is 29.5 Å². The van der Waals surface area contributed by atoms with E-state index in [0.717, 1.165) is 42.9 Å². The lowest BCUT2D eigenvalue weighted by atomic mass is 10.2. The molecule has 1 heterocycles. The number of anilines is 3. The van der Waals surface area contributed by atoms with E-state index >= 15 is 0 Å². The molecule has 26 heavy (non-hydrogen) atoms. The van der Waals surface area contributed by atoms with E-state index in [1.165, 1.54) is 5.56 Å². The molecule has 0 bridgehead atoms. The van der Waals surface area contributed by atoms with Gasteiger partial charge in [0.05, 0.1) is 0 Å². The van der Waals surface area contributed by atoms with Crippen molar-refractivity contribution in [1.82, 2.24) is 0 Å². The number of carbonyl (C=O) groups is 2. The van der Waals surface area contributed by atoms with Crippen molar-refractivity contribution in [3.8, 4) is 0 Å². The number of rotatable bonds is 5. The summed E-state index contributed by atoms with van der Waals surface area (Å²) in [6.07, 6.45) is 2.89. The zero-order valence-electron chi connectivity index (χ0n) is 14.9. The van der Waals surface area contributed by atoms with Crippen molar-refractivity contribution < 1.29 is 9.59 Å². The van der Waals surface area contributed by atoms with Crippen LogP contribution in [0.2, 0.25) is 0 Å². The van der Waals surface area contributed by atoms with E-state index in [4.69, 9.17) is 0 Å². The molecule has 1 fully saturated rings. The van der Waals surface area contributed by atoms with Crippen LogP contribution in [0.4, 0.5) is 17.1 Å². The van der Waals surface area contributed by atoms with E-state index in [1.807, 2.05) is 54.3 Å². The Balaban J connectivity index is 1.37. The topological polar surface area (TPSA) is 61.4 Å². The predicted molar refractivity (Wildman–Crippen MR) is 103 cm³/mol. The number of nitrogens with one attached hydrogen (secondary N) is 2. The minimum atomic E-state index is -0.326. The highest BCUT2D eigenvalue weighted by atomic mass is 16.2. The minimum absolute atomic E-state index is 0.0704. The Bertz CT molecular complexity index is 827. The van der Waals surface area contributed by atoms with E-state index in [-0.39, 0.29) is 23.8 Å². The number of amides is 2. The molecule has 0 radical (unpaired) electrons. The van der Waals surface area contributed by atoms with Crippen molar-refractivity contribution in [2.75, 3.05) is 22.1 Å². The Morgan fingerprint density at radius 3 is 2.46 bits per heavy atom.